The first-order valence-corrected chi connectivity index (χ1v) is 9.69. The van der Waals surface area contributed by atoms with Crippen molar-refractivity contribution in [1.82, 2.24) is 14.3 Å². The molecule has 2 N–H and O–H groups in total. The lowest BCUT2D eigenvalue weighted by Gasteiger charge is -2.35. The second kappa shape index (κ2) is 7.90. The minimum Gasteiger partial charge on any atom is -0.314 e. The van der Waals surface area contributed by atoms with Gasteiger partial charge in [0.2, 0.25) is 0 Å². The molecule has 1 heterocycles. The molecule has 5 nitrogen and oxygen atoms in total. The summed E-state index contributed by atoms with van der Waals surface area (Å²) in [7, 11) is -3.36. The van der Waals surface area contributed by atoms with Crippen molar-refractivity contribution >= 4 is 10.2 Å². The first-order chi connectivity index (χ1) is 9.72. The van der Waals surface area contributed by atoms with Gasteiger partial charge in [0, 0.05) is 24.7 Å². The molecule has 1 aliphatic heterocycles. The summed E-state index contributed by atoms with van der Waals surface area (Å²) in [6.45, 7) is 12.5. The van der Waals surface area contributed by atoms with E-state index in [1.807, 2.05) is 20.8 Å². The Morgan fingerprint density at radius 3 is 2.14 bits per heavy atom. The summed E-state index contributed by atoms with van der Waals surface area (Å²) in [5.74, 6) is 0.586. The van der Waals surface area contributed by atoms with Gasteiger partial charge in [0.25, 0.3) is 10.2 Å². The molecule has 0 amide bonds. The van der Waals surface area contributed by atoms with Crippen molar-refractivity contribution in [3.8, 4) is 0 Å². The van der Waals surface area contributed by atoms with E-state index in [1.54, 1.807) is 4.31 Å². The van der Waals surface area contributed by atoms with Gasteiger partial charge in [-0.1, -0.05) is 27.7 Å². The summed E-state index contributed by atoms with van der Waals surface area (Å²) in [6, 6.07) is 0.489. The minimum absolute atomic E-state index is 0.338. The van der Waals surface area contributed by atoms with Gasteiger partial charge >= 0.3 is 0 Å². The lowest BCUT2D eigenvalue weighted by molar-refractivity contribution is 0.255. The van der Waals surface area contributed by atoms with Crippen LogP contribution in [0, 0.1) is 5.92 Å². The fraction of sp³-hybridized carbons (Fsp3) is 1.00. The van der Waals surface area contributed by atoms with E-state index in [0.717, 1.165) is 32.2 Å². The molecule has 0 spiro atoms. The predicted octanol–water partition coefficient (Wildman–Crippen LogP) is 2.11. The third-order valence-electron chi connectivity index (χ3n) is 4.66. The molecule has 1 rings (SSSR count). The van der Waals surface area contributed by atoms with Crippen molar-refractivity contribution in [3.05, 3.63) is 0 Å². The number of nitrogens with one attached hydrogen (secondary N) is 2. The summed E-state index contributed by atoms with van der Waals surface area (Å²) >= 11 is 0. The van der Waals surface area contributed by atoms with Crippen molar-refractivity contribution in [1.29, 1.82) is 0 Å². The van der Waals surface area contributed by atoms with Crippen LogP contribution in [0.25, 0.3) is 0 Å². The van der Waals surface area contributed by atoms with E-state index >= 15 is 0 Å². The van der Waals surface area contributed by atoms with Crippen LogP contribution in [0.4, 0.5) is 0 Å². The smallest absolute Gasteiger partial charge is 0.279 e. The number of nitrogens with zero attached hydrogens (tertiary/aromatic N) is 1. The molecule has 1 aliphatic rings. The first kappa shape index (κ1) is 18.9. The molecule has 0 aromatic rings. The molecule has 1 fully saturated rings. The third kappa shape index (κ3) is 5.85. The highest BCUT2D eigenvalue weighted by Crippen LogP contribution is 2.21. The average Bonchev–Trinajstić information content (AvgIpc) is 2.45. The molecule has 0 bridgehead atoms. The third-order valence-corrected chi connectivity index (χ3v) is 6.46. The van der Waals surface area contributed by atoms with E-state index in [0.29, 0.717) is 25.0 Å². The standard InChI is InChI=1S/C15H33N3O2S/c1-6-15(5,7-2)17-21(19,20)18-10-8-14(9-11-18)12-16-13(3)4/h13-14,16-17H,6-12H2,1-5H3. The monoisotopic (exact) mass is 319 g/mol. The Balaban J connectivity index is 2.52. The van der Waals surface area contributed by atoms with E-state index in [2.05, 4.69) is 23.9 Å². The molecule has 0 unspecified atom stereocenters. The summed E-state index contributed by atoms with van der Waals surface area (Å²) in [6.07, 6.45) is 3.49. The van der Waals surface area contributed by atoms with Crippen LogP contribution >= 0.6 is 0 Å². The zero-order valence-corrected chi connectivity index (χ0v) is 15.1. The van der Waals surface area contributed by atoms with Crippen LogP contribution in [0.5, 0.6) is 0 Å². The molecule has 0 aromatic heterocycles. The summed E-state index contributed by atoms with van der Waals surface area (Å²) < 4.78 is 29.5. The van der Waals surface area contributed by atoms with Crippen LogP contribution in [0.2, 0.25) is 0 Å². The lowest BCUT2D eigenvalue weighted by Crippen LogP contribution is -2.53. The number of hydrogen-bond donors (Lipinski definition) is 2. The van der Waals surface area contributed by atoms with Crippen molar-refractivity contribution in [2.24, 2.45) is 5.92 Å². The molecule has 0 radical (unpaired) electrons. The molecule has 126 valence electrons. The summed E-state index contributed by atoms with van der Waals surface area (Å²) in [5, 5.41) is 3.44. The lowest BCUT2D eigenvalue weighted by atomic mass is 9.98. The van der Waals surface area contributed by atoms with Crippen molar-refractivity contribution in [3.63, 3.8) is 0 Å². The zero-order chi connectivity index (χ0) is 16.1. The van der Waals surface area contributed by atoms with Crippen molar-refractivity contribution in [2.45, 2.75) is 71.9 Å². The van der Waals surface area contributed by atoms with E-state index < -0.39 is 10.2 Å². The Bertz CT molecular complexity index is 397. The molecular formula is C15H33N3O2S. The topological polar surface area (TPSA) is 61.4 Å². The number of piperidine rings is 1. The van der Waals surface area contributed by atoms with Crippen molar-refractivity contribution < 1.29 is 8.42 Å². The molecule has 1 saturated heterocycles. The largest absolute Gasteiger partial charge is 0.314 e. The SMILES string of the molecule is CCC(C)(CC)NS(=O)(=O)N1CCC(CNC(C)C)CC1. The van der Waals surface area contributed by atoms with E-state index in [1.165, 1.54) is 0 Å². The second-order valence-electron chi connectivity index (χ2n) is 6.78. The van der Waals surface area contributed by atoms with Gasteiger partial charge in [-0.2, -0.15) is 17.4 Å². The zero-order valence-electron chi connectivity index (χ0n) is 14.3. The molecular weight excluding hydrogens is 286 g/mol. The molecule has 0 saturated carbocycles. The van der Waals surface area contributed by atoms with Gasteiger partial charge in [0.1, 0.15) is 0 Å². The van der Waals surface area contributed by atoms with Gasteiger partial charge < -0.3 is 5.32 Å². The Morgan fingerprint density at radius 2 is 1.71 bits per heavy atom. The van der Waals surface area contributed by atoms with Crippen LogP contribution in [-0.4, -0.2) is 43.9 Å². The maximum Gasteiger partial charge on any atom is 0.279 e. The molecule has 0 atom stereocenters. The van der Waals surface area contributed by atoms with Gasteiger partial charge in [-0.25, -0.2) is 0 Å². The highest BCUT2D eigenvalue weighted by Gasteiger charge is 2.33. The molecule has 6 heteroatoms. The van der Waals surface area contributed by atoms with Crippen LogP contribution in [-0.2, 0) is 10.2 Å². The van der Waals surface area contributed by atoms with E-state index in [4.69, 9.17) is 0 Å². The van der Waals surface area contributed by atoms with Crippen LogP contribution in [0.1, 0.15) is 60.3 Å². The quantitative estimate of drug-likeness (QED) is 0.720. The molecule has 21 heavy (non-hydrogen) atoms. The Kier molecular flexibility index (Phi) is 7.10. The average molecular weight is 320 g/mol. The molecule has 0 aromatic carbocycles. The second-order valence-corrected chi connectivity index (χ2v) is 8.45. The van der Waals surface area contributed by atoms with E-state index in [-0.39, 0.29) is 5.54 Å². The van der Waals surface area contributed by atoms with Gasteiger partial charge in [-0.05, 0) is 45.1 Å². The fourth-order valence-electron chi connectivity index (χ4n) is 2.53. The number of hydrogen-bond acceptors (Lipinski definition) is 3. The van der Waals surface area contributed by atoms with Crippen molar-refractivity contribution in [2.75, 3.05) is 19.6 Å². The van der Waals surface area contributed by atoms with E-state index in [9.17, 15) is 8.42 Å². The number of rotatable bonds is 8. The summed E-state index contributed by atoms with van der Waals surface area (Å²) in [5.41, 5.74) is -0.338. The van der Waals surface area contributed by atoms with Crippen LogP contribution in [0.15, 0.2) is 0 Å². The highest BCUT2D eigenvalue weighted by molar-refractivity contribution is 7.87. The van der Waals surface area contributed by atoms with Gasteiger partial charge in [0.05, 0.1) is 0 Å². The molecule has 0 aliphatic carbocycles. The van der Waals surface area contributed by atoms with Crippen LogP contribution in [0.3, 0.4) is 0 Å². The van der Waals surface area contributed by atoms with Gasteiger partial charge in [0.15, 0.2) is 0 Å². The maximum absolute atomic E-state index is 12.5. The van der Waals surface area contributed by atoms with Crippen LogP contribution < -0.4 is 10.0 Å². The van der Waals surface area contributed by atoms with Gasteiger partial charge in [-0.15, -0.1) is 0 Å². The summed E-state index contributed by atoms with van der Waals surface area (Å²) in [4.78, 5) is 0. The Labute approximate surface area is 131 Å². The Morgan fingerprint density at radius 1 is 1.19 bits per heavy atom. The highest BCUT2D eigenvalue weighted by atomic mass is 32.2. The minimum atomic E-state index is -3.36. The fourth-order valence-corrected chi connectivity index (χ4v) is 4.26. The first-order valence-electron chi connectivity index (χ1n) is 8.25. The van der Waals surface area contributed by atoms with Gasteiger partial charge in [-0.3, -0.25) is 0 Å². The maximum atomic E-state index is 12.5. The Hall–Kier alpha value is -0.170. The predicted molar refractivity (Wildman–Crippen MR) is 88.5 cm³/mol. The normalized spacial score (nSPS) is 19.3.